The van der Waals surface area contributed by atoms with Crippen LogP contribution in [0.3, 0.4) is 0 Å². The van der Waals surface area contributed by atoms with E-state index >= 15 is 0 Å². The molecule has 0 aromatic rings. The number of hydrogen-bond acceptors (Lipinski definition) is 6. The zero-order valence-corrected chi connectivity index (χ0v) is 12.0. The summed E-state index contributed by atoms with van der Waals surface area (Å²) in [6.45, 7) is 2.56. The minimum Gasteiger partial charge on any atom is -0.465 e. The first-order valence-electron chi connectivity index (χ1n) is 6.14. The molecular weight excluding hydrogens is 256 g/mol. The van der Waals surface area contributed by atoms with Gasteiger partial charge < -0.3 is 15.0 Å². The maximum absolute atomic E-state index is 11.6. The van der Waals surface area contributed by atoms with Gasteiger partial charge in [0.2, 0.25) is 0 Å². The highest BCUT2D eigenvalue weighted by atomic mass is 32.2. The molecule has 18 heavy (non-hydrogen) atoms. The van der Waals surface area contributed by atoms with Gasteiger partial charge in [0, 0.05) is 12.6 Å². The van der Waals surface area contributed by atoms with Crippen molar-refractivity contribution in [2.45, 2.75) is 25.4 Å². The van der Waals surface area contributed by atoms with Crippen LogP contribution in [0.2, 0.25) is 0 Å². The molecule has 0 amide bonds. The third-order valence-corrected chi connectivity index (χ3v) is 4.97. The number of nitrogens with one attached hydrogen (secondary N) is 1. The molecule has 2 unspecified atom stereocenters. The summed E-state index contributed by atoms with van der Waals surface area (Å²) < 4.78 is 27.8. The molecule has 1 aliphatic heterocycles. The number of esters is 1. The van der Waals surface area contributed by atoms with Crippen LogP contribution in [0.4, 0.5) is 0 Å². The molecule has 0 bridgehead atoms. The molecule has 0 spiro atoms. The van der Waals surface area contributed by atoms with Crippen molar-refractivity contribution in [3.05, 3.63) is 0 Å². The maximum atomic E-state index is 11.6. The quantitative estimate of drug-likeness (QED) is 0.645. The minimum absolute atomic E-state index is 0.000256. The summed E-state index contributed by atoms with van der Waals surface area (Å²) in [5.74, 6) is 0.127. The number of rotatable bonds is 6. The van der Waals surface area contributed by atoms with E-state index in [1.807, 2.05) is 11.9 Å². The van der Waals surface area contributed by atoms with Gasteiger partial charge in [0.1, 0.15) is 6.04 Å². The number of sulfone groups is 1. The van der Waals surface area contributed by atoms with Gasteiger partial charge in [-0.25, -0.2) is 8.42 Å². The zero-order valence-electron chi connectivity index (χ0n) is 11.2. The van der Waals surface area contributed by atoms with Crippen LogP contribution >= 0.6 is 0 Å². The van der Waals surface area contributed by atoms with Crippen LogP contribution in [0, 0.1) is 0 Å². The van der Waals surface area contributed by atoms with Gasteiger partial charge in [-0.1, -0.05) is 0 Å². The van der Waals surface area contributed by atoms with E-state index < -0.39 is 15.9 Å². The fraction of sp³-hybridized carbons (Fsp3) is 0.909. The van der Waals surface area contributed by atoms with Crippen LogP contribution in [-0.4, -0.2) is 70.1 Å². The Labute approximate surface area is 109 Å². The molecule has 0 aliphatic carbocycles. The van der Waals surface area contributed by atoms with E-state index in [-0.39, 0.29) is 23.5 Å². The molecule has 0 saturated carbocycles. The minimum atomic E-state index is -2.89. The lowest BCUT2D eigenvalue weighted by molar-refractivity contribution is -0.146. The molecule has 6 nitrogen and oxygen atoms in total. The van der Waals surface area contributed by atoms with Crippen LogP contribution in [0.15, 0.2) is 0 Å². The maximum Gasteiger partial charge on any atom is 0.324 e. The van der Waals surface area contributed by atoms with E-state index in [1.54, 1.807) is 14.0 Å². The van der Waals surface area contributed by atoms with Crippen molar-refractivity contribution in [3.63, 3.8) is 0 Å². The molecule has 7 heteroatoms. The summed E-state index contributed by atoms with van der Waals surface area (Å²) in [4.78, 5) is 13.5. The standard InChI is InChI=1S/C11H22N2O4S/c1-4-17-11(14)10(12-2)7-13(3)9-5-6-18(15,16)8-9/h9-10,12H,4-8H2,1-3H3. The normalized spacial score (nSPS) is 24.1. The molecule has 1 saturated heterocycles. The molecule has 1 aliphatic rings. The Hall–Kier alpha value is -0.660. The second-order valence-electron chi connectivity index (χ2n) is 4.59. The lowest BCUT2D eigenvalue weighted by Gasteiger charge is -2.26. The predicted molar refractivity (Wildman–Crippen MR) is 69.2 cm³/mol. The molecular formula is C11H22N2O4S. The number of ether oxygens (including phenoxy) is 1. The van der Waals surface area contributed by atoms with Gasteiger partial charge >= 0.3 is 5.97 Å². The van der Waals surface area contributed by atoms with Crippen molar-refractivity contribution in [3.8, 4) is 0 Å². The summed E-state index contributed by atoms with van der Waals surface area (Å²) >= 11 is 0. The highest BCUT2D eigenvalue weighted by Crippen LogP contribution is 2.16. The molecule has 1 heterocycles. The number of carbonyl (C=O) groups is 1. The molecule has 1 N–H and O–H groups in total. The van der Waals surface area contributed by atoms with Gasteiger partial charge in [0.05, 0.1) is 18.1 Å². The monoisotopic (exact) mass is 278 g/mol. The van der Waals surface area contributed by atoms with Gasteiger partial charge in [-0.2, -0.15) is 0 Å². The molecule has 0 aromatic heterocycles. The van der Waals surface area contributed by atoms with Gasteiger partial charge in [-0.3, -0.25) is 4.79 Å². The second-order valence-corrected chi connectivity index (χ2v) is 6.82. The van der Waals surface area contributed by atoms with E-state index in [9.17, 15) is 13.2 Å². The largest absolute Gasteiger partial charge is 0.465 e. The van der Waals surface area contributed by atoms with Crippen LogP contribution in [0.1, 0.15) is 13.3 Å². The number of hydrogen-bond donors (Lipinski definition) is 1. The third-order valence-electron chi connectivity index (χ3n) is 3.22. The summed E-state index contributed by atoms with van der Waals surface area (Å²) in [5, 5.41) is 2.90. The molecule has 0 radical (unpaired) electrons. The van der Waals surface area contributed by atoms with E-state index in [1.165, 1.54) is 0 Å². The van der Waals surface area contributed by atoms with Crippen molar-refractivity contribution in [1.82, 2.24) is 10.2 Å². The van der Waals surface area contributed by atoms with E-state index in [0.717, 1.165) is 0 Å². The van der Waals surface area contributed by atoms with Crippen LogP contribution in [-0.2, 0) is 19.4 Å². The predicted octanol–water partition coefficient (Wildman–Crippen LogP) is -0.744. The van der Waals surface area contributed by atoms with Gasteiger partial charge in [-0.15, -0.1) is 0 Å². The summed E-state index contributed by atoms with van der Waals surface area (Å²) in [6, 6.07) is -0.418. The molecule has 1 rings (SSSR count). The Morgan fingerprint density at radius 1 is 1.56 bits per heavy atom. The number of likely N-dealkylation sites (N-methyl/N-ethyl adjacent to an activating group) is 2. The Morgan fingerprint density at radius 2 is 2.22 bits per heavy atom. The first-order chi connectivity index (χ1) is 8.39. The average Bonchev–Trinajstić information content (AvgIpc) is 2.66. The van der Waals surface area contributed by atoms with E-state index in [0.29, 0.717) is 19.6 Å². The average molecular weight is 278 g/mol. The Morgan fingerprint density at radius 3 is 2.67 bits per heavy atom. The van der Waals surface area contributed by atoms with Gasteiger partial charge in [0.15, 0.2) is 9.84 Å². The first-order valence-corrected chi connectivity index (χ1v) is 7.96. The molecule has 0 aromatic carbocycles. The third kappa shape index (κ3) is 4.22. The topological polar surface area (TPSA) is 75.7 Å². The first kappa shape index (κ1) is 15.4. The number of nitrogens with zero attached hydrogens (tertiary/aromatic N) is 1. The number of carbonyl (C=O) groups excluding carboxylic acids is 1. The lowest BCUT2D eigenvalue weighted by atomic mass is 10.2. The van der Waals surface area contributed by atoms with Crippen molar-refractivity contribution >= 4 is 15.8 Å². The van der Waals surface area contributed by atoms with Crippen molar-refractivity contribution < 1.29 is 17.9 Å². The van der Waals surface area contributed by atoms with Gasteiger partial charge in [-0.05, 0) is 27.4 Å². The fourth-order valence-electron chi connectivity index (χ4n) is 2.09. The summed E-state index contributed by atoms with van der Waals surface area (Å²) in [6.07, 6.45) is 0.637. The summed E-state index contributed by atoms with van der Waals surface area (Å²) in [7, 11) is 0.646. The SMILES string of the molecule is CCOC(=O)C(CN(C)C1CCS(=O)(=O)C1)NC. The van der Waals surface area contributed by atoms with Crippen molar-refractivity contribution in [1.29, 1.82) is 0 Å². The highest BCUT2D eigenvalue weighted by molar-refractivity contribution is 7.91. The van der Waals surface area contributed by atoms with E-state index in [2.05, 4.69) is 5.32 Å². The Balaban J connectivity index is 2.52. The zero-order chi connectivity index (χ0) is 13.8. The van der Waals surface area contributed by atoms with Crippen LogP contribution < -0.4 is 5.32 Å². The smallest absolute Gasteiger partial charge is 0.324 e. The van der Waals surface area contributed by atoms with Crippen molar-refractivity contribution in [2.75, 3.05) is 38.8 Å². The fourth-order valence-corrected chi connectivity index (χ4v) is 3.89. The van der Waals surface area contributed by atoms with E-state index in [4.69, 9.17) is 4.74 Å². The summed E-state index contributed by atoms with van der Waals surface area (Å²) in [5.41, 5.74) is 0. The second kappa shape index (κ2) is 6.49. The van der Waals surface area contributed by atoms with Crippen molar-refractivity contribution in [2.24, 2.45) is 0 Å². The highest BCUT2D eigenvalue weighted by Gasteiger charge is 2.32. The van der Waals surface area contributed by atoms with Gasteiger partial charge in [0.25, 0.3) is 0 Å². The molecule has 106 valence electrons. The Bertz CT molecular complexity index is 383. The lowest BCUT2D eigenvalue weighted by Crippen LogP contribution is -2.47. The van der Waals surface area contributed by atoms with Crippen LogP contribution in [0.5, 0.6) is 0 Å². The van der Waals surface area contributed by atoms with Crippen LogP contribution in [0.25, 0.3) is 0 Å². The molecule has 2 atom stereocenters. The Kier molecular flexibility index (Phi) is 5.55. The molecule has 1 fully saturated rings.